The molecule has 0 saturated heterocycles. The Morgan fingerprint density at radius 3 is 2.34 bits per heavy atom. The van der Waals surface area contributed by atoms with Crippen molar-refractivity contribution in [2.75, 3.05) is 11.9 Å². The van der Waals surface area contributed by atoms with Gasteiger partial charge in [-0.15, -0.1) is 0 Å². The number of amides is 2. The predicted molar refractivity (Wildman–Crippen MR) is 160 cm³/mol. The van der Waals surface area contributed by atoms with Crippen molar-refractivity contribution in [3.8, 4) is 11.5 Å². The van der Waals surface area contributed by atoms with Crippen molar-refractivity contribution in [3.05, 3.63) is 123 Å². The van der Waals surface area contributed by atoms with Crippen LogP contribution in [0.1, 0.15) is 49.1 Å². The maximum atomic E-state index is 12.6. The number of nitrogens with one attached hydrogen (secondary N) is 2. The lowest BCUT2D eigenvalue weighted by atomic mass is 10.1. The molecule has 2 amide bonds. The number of ether oxygens (including phenoxy) is 2. The number of aryl methyl sites for hydroxylation is 1. The monoisotopic (exact) mass is 589 g/mol. The highest BCUT2D eigenvalue weighted by molar-refractivity contribution is 6.37. The molecular formula is C31H25Cl2N3O5. The van der Waals surface area contributed by atoms with E-state index in [0.717, 1.165) is 5.56 Å². The number of hydrogen-bond acceptors (Lipinski definition) is 6. The quantitative estimate of drug-likeness (QED) is 0.0952. The molecule has 4 aromatic carbocycles. The second-order valence-electron chi connectivity index (χ2n) is 8.75. The van der Waals surface area contributed by atoms with Gasteiger partial charge in [0, 0.05) is 16.3 Å². The van der Waals surface area contributed by atoms with Crippen LogP contribution in [-0.4, -0.2) is 30.6 Å². The van der Waals surface area contributed by atoms with Gasteiger partial charge in [0.15, 0.2) is 11.5 Å². The second-order valence-corrected chi connectivity index (χ2v) is 9.60. The van der Waals surface area contributed by atoms with E-state index in [1.54, 1.807) is 66.7 Å². The fourth-order valence-corrected chi connectivity index (χ4v) is 4.19. The van der Waals surface area contributed by atoms with E-state index in [1.165, 1.54) is 18.3 Å². The van der Waals surface area contributed by atoms with E-state index < -0.39 is 17.8 Å². The number of benzene rings is 4. The molecule has 0 aliphatic rings. The van der Waals surface area contributed by atoms with E-state index in [4.69, 9.17) is 32.7 Å². The highest BCUT2D eigenvalue weighted by atomic mass is 35.5. The molecular weight excluding hydrogens is 565 g/mol. The summed E-state index contributed by atoms with van der Waals surface area (Å²) in [5, 5.41) is 7.39. The van der Waals surface area contributed by atoms with E-state index in [-0.39, 0.29) is 16.3 Å². The summed E-state index contributed by atoms with van der Waals surface area (Å²) in [4.78, 5) is 37.6. The Bertz CT molecular complexity index is 1620. The van der Waals surface area contributed by atoms with Crippen molar-refractivity contribution >= 4 is 52.9 Å². The lowest BCUT2D eigenvalue weighted by Gasteiger charge is -2.11. The van der Waals surface area contributed by atoms with Crippen molar-refractivity contribution in [1.82, 2.24) is 5.43 Å². The maximum Gasteiger partial charge on any atom is 0.343 e. The molecule has 0 aliphatic heterocycles. The standard InChI is InChI=1S/C31H25Cl2N3O5/c1-3-40-28-16-20(7-14-27(28)41-31(39)22-6-4-5-19(2)15-22)18-34-36-29(37)21-8-11-24(12-9-21)35-30(38)25-13-10-23(32)17-26(25)33/h4-18H,3H2,1-2H3,(H,35,38)(H,36,37)/b34-18-. The van der Waals surface area contributed by atoms with Gasteiger partial charge < -0.3 is 14.8 Å². The molecule has 0 fully saturated rings. The first-order valence-electron chi connectivity index (χ1n) is 12.5. The van der Waals surface area contributed by atoms with Crippen LogP contribution in [0.25, 0.3) is 0 Å². The number of carbonyl (C=O) groups excluding carboxylic acids is 3. The van der Waals surface area contributed by atoms with Crippen molar-refractivity contribution in [2.45, 2.75) is 13.8 Å². The predicted octanol–water partition coefficient (Wildman–Crippen LogP) is 6.94. The number of halogens is 2. The summed E-state index contributed by atoms with van der Waals surface area (Å²) in [5.74, 6) is -0.724. The van der Waals surface area contributed by atoms with Crippen LogP contribution in [0.3, 0.4) is 0 Å². The molecule has 2 N–H and O–H groups in total. The van der Waals surface area contributed by atoms with E-state index in [2.05, 4.69) is 15.8 Å². The minimum Gasteiger partial charge on any atom is -0.490 e. The largest absolute Gasteiger partial charge is 0.490 e. The Hall–Kier alpha value is -4.66. The highest BCUT2D eigenvalue weighted by Gasteiger charge is 2.14. The average Bonchev–Trinajstić information content (AvgIpc) is 2.94. The lowest BCUT2D eigenvalue weighted by molar-refractivity contribution is 0.0727. The van der Waals surface area contributed by atoms with Gasteiger partial charge in [0.05, 0.1) is 29.0 Å². The normalized spacial score (nSPS) is 10.7. The number of carbonyl (C=O) groups is 3. The molecule has 208 valence electrons. The van der Waals surface area contributed by atoms with Crippen LogP contribution in [0.15, 0.2) is 90.0 Å². The summed E-state index contributed by atoms with van der Waals surface area (Å²) in [7, 11) is 0. The maximum absolute atomic E-state index is 12.6. The van der Waals surface area contributed by atoms with Crippen molar-refractivity contribution in [1.29, 1.82) is 0 Å². The Kier molecular flexibility index (Phi) is 9.73. The number of nitrogens with zero attached hydrogens (tertiary/aromatic N) is 1. The average molecular weight is 590 g/mol. The minimum absolute atomic E-state index is 0.232. The topological polar surface area (TPSA) is 106 Å². The van der Waals surface area contributed by atoms with Crippen molar-refractivity contribution < 1.29 is 23.9 Å². The summed E-state index contributed by atoms with van der Waals surface area (Å²) < 4.78 is 11.2. The number of hydrogen-bond donors (Lipinski definition) is 2. The summed E-state index contributed by atoms with van der Waals surface area (Å²) in [6.45, 7) is 4.07. The second kappa shape index (κ2) is 13.6. The zero-order valence-corrected chi connectivity index (χ0v) is 23.6. The van der Waals surface area contributed by atoms with Gasteiger partial charge in [-0.3, -0.25) is 9.59 Å². The smallest absolute Gasteiger partial charge is 0.343 e. The summed E-state index contributed by atoms with van der Waals surface area (Å²) in [6.07, 6.45) is 1.44. The molecule has 0 spiro atoms. The number of hydrazone groups is 1. The molecule has 0 atom stereocenters. The Morgan fingerprint density at radius 2 is 1.63 bits per heavy atom. The third kappa shape index (κ3) is 7.94. The van der Waals surface area contributed by atoms with Gasteiger partial charge in [-0.25, -0.2) is 10.2 Å². The molecule has 0 aliphatic carbocycles. The van der Waals surface area contributed by atoms with Crippen LogP contribution in [-0.2, 0) is 0 Å². The van der Waals surface area contributed by atoms with Crippen LogP contribution in [0, 0.1) is 6.92 Å². The molecule has 0 unspecified atom stereocenters. The van der Waals surface area contributed by atoms with E-state index in [1.807, 2.05) is 19.9 Å². The van der Waals surface area contributed by atoms with E-state index in [0.29, 0.717) is 39.8 Å². The number of esters is 1. The lowest BCUT2D eigenvalue weighted by Crippen LogP contribution is -2.18. The van der Waals surface area contributed by atoms with Crippen molar-refractivity contribution in [2.24, 2.45) is 5.10 Å². The highest BCUT2D eigenvalue weighted by Crippen LogP contribution is 2.29. The van der Waals surface area contributed by atoms with Gasteiger partial charge in [-0.1, -0.05) is 40.9 Å². The van der Waals surface area contributed by atoms with Crippen LogP contribution in [0.2, 0.25) is 10.0 Å². The van der Waals surface area contributed by atoms with E-state index in [9.17, 15) is 14.4 Å². The van der Waals surface area contributed by atoms with Gasteiger partial charge in [-0.2, -0.15) is 5.10 Å². The molecule has 0 saturated carbocycles. The number of anilines is 1. The zero-order chi connectivity index (χ0) is 29.4. The fourth-order valence-electron chi connectivity index (χ4n) is 3.70. The molecule has 8 nitrogen and oxygen atoms in total. The van der Waals surface area contributed by atoms with Gasteiger partial charge in [0.1, 0.15) is 0 Å². The summed E-state index contributed by atoms with van der Waals surface area (Å²) in [5.41, 5.74) is 5.54. The molecule has 0 heterocycles. The van der Waals surface area contributed by atoms with Crippen LogP contribution in [0.4, 0.5) is 5.69 Å². The van der Waals surface area contributed by atoms with Gasteiger partial charge in [0.25, 0.3) is 11.8 Å². The molecule has 0 radical (unpaired) electrons. The molecule has 0 bridgehead atoms. The van der Waals surface area contributed by atoms with Crippen LogP contribution in [0.5, 0.6) is 11.5 Å². The molecule has 4 aromatic rings. The van der Waals surface area contributed by atoms with Gasteiger partial charge >= 0.3 is 5.97 Å². The Morgan fingerprint density at radius 1 is 0.854 bits per heavy atom. The first kappa shape index (κ1) is 29.3. The van der Waals surface area contributed by atoms with Crippen LogP contribution >= 0.6 is 23.2 Å². The first-order valence-corrected chi connectivity index (χ1v) is 13.2. The van der Waals surface area contributed by atoms with Gasteiger partial charge in [-0.05, 0) is 92.2 Å². The molecule has 4 rings (SSSR count). The first-order chi connectivity index (χ1) is 19.7. The summed E-state index contributed by atoms with van der Waals surface area (Å²) >= 11 is 12.0. The Balaban J connectivity index is 1.36. The molecule has 41 heavy (non-hydrogen) atoms. The zero-order valence-electron chi connectivity index (χ0n) is 22.1. The van der Waals surface area contributed by atoms with E-state index >= 15 is 0 Å². The third-order valence-corrected chi connectivity index (χ3v) is 6.23. The Labute approximate surface area is 246 Å². The molecule has 10 heteroatoms. The SMILES string of the molecule is CCOc1cc(/C=N\NC(=O)c2ccc(NC(=O)c3ccc(Cl)cc3Cl)cc2)ccc1OC(=O)c1cccc(C)c1. The van der Waals surface area contributed by atoms with Crippen LogP contribution < -0.4 is 20.2 Å². The number of rotatable bonds is 9. The summed E-state index contributed by atoms with van der Waals surface area (Å²) in [6, 6.07) is 22.9. The minimum atomic E-state index is -0.498. The molecule has 0 aromatic heterocycles. The fraction of sp³-hybridized carbons (Fsp3) is 0.0968. The van der Waals surface area contributed by atoms with Crippen molar-refractivity contribution in [3.63, 3.8) is 0 Å². The third-order valence-electron chi connectivity index (χ3n) is 5.68. The van der Waals surface area contributed by atoms with Gasteiger partial charge in [0.2, 0.25) is 0 Å².